The molecule has 0 unspecified atom stereocenters. The van der Waals surface area contributed by atoms with Crippen LogP contribution in [0.5, 0.6) is 0 Å². The van der Waals surface area contributed by atoms with Crippen LogP contribution in [-0.2, 0) is 10.0 Å². The summed E-state index contributed by atoms with van der Waals surface area (Å²) in [7, 11) is -3.96. The van der Waals surface area contributed by atoms with E-state index in [0.717, 1.165) is 79.9 Å². The topological polar surface area (TPSA) is 74.7 Å². The lowest BCUT2D eigenvalue weighted by Gasteiger charge is -2.37. The number of rotatable bonds is 6. The summed E-state index contributed by atoms with van der Waals surface area (Å²) in [5.41, 5.74) is 3.74. The number of anilines is 1. The highest BCUT2D eigenvalue weighted by molar-refractivity contribution is 7.90. The molecule has 44 heavy (non-hydrogen) atoms. The van der Waals surface area contributed by atoms with Crippen LogP contribution >= 0.6 is 0 Å². The number of fused-ring (bicyclic) bond motifs is 1. The van der Waals surface area contributed by atoms with Crippen LogP contribution in [0.1, 0.15) is 75.3 Å². The molecule has 6 rings (SSSR count). The molecule has 0 bridgehead atoms. The molecule has 8 heteroatoms. The number of halogens is 1. The lowest BCUT2D eigenvalue weighted by Crippen LogP contribution is -2.51. The number of sulfonamides is 1. The third kappa shape index (κ3) is 6.80. The Balaban J connectivity index is 1.56. The number of nitrogens with one attached hydrogen (secondary N) is 1. The highest BCUT2D eigenvalue weighted by atomic mass is 32.2. The first-order chi connectivity index (χ1) is 21.3. The third-order valence-corrected chi connectivity index (χ3v) is 10.3. The Morgan fingerprint density at radius 1 is 0.818 bits per heavy atom. The number of guanidine groups is 1. The van der Waals surface area contributed by atoms with Gasteiger partial charge in [-0.05, 0) is 81.3 Å². The molecule has 0 aliphatic heterocycles. The van der Waals surface area contributed by atoms with Crippen molar-refractivity contribution in [3.63, 3.8) is 0 Å². The maximum Gasteiger partial charge on any atom is 0.264 e. The number of aromatic nitrogens is 1. The predicted molar refractivity (Wildman–Crippen MR) is 177 cm³/mol. The first-order valence-corrected chi connectivity index (χ1v) is 17.4. The molecule has 230 valence electrons. The van der Waals surface area contributed by atoms with E-state index in [4.69, 9.17) is 9.98 Å². The van der Waals surface area contributed by atoms with Gasteiger partial charge in [0, 0.05) is 17.0 Å². The van der Waals surface area contributed by atoms with Crippen molar-refractivity contribution < 1.29 is 12.8 Å². The minimum Gasteiger partial charge on any atom is -0.293 e. The monoisotopic (exact) mass is 612 g/mol. The molecule has 1 aromatic heterocycles. The Hall–Kier alpha value is -3.78. The smallest absolute Gasteiger partial charge is 0.264 e. The average Bonchev–Trinajstić information content (AvgIpc) is 3.02. The van der Waals surface area contributed by atoms with Gasteiger partial charge in [-0.15, -0.1) is 0 Å². The Morgan fingerprint density at radius 2 is 1.43 bits per heavy atom. The van der Waals surface area contributed by atoms with Crippen LogP contribution in [0.25, 0.3) is 22.0 Å². The van der Waals surface area contributed by atoms with E-state index in [2.05, 4.69) is 4.72 Å². The summed E-state index contributed by atoms with van der Waals surface area (Å²) in [4.78, 5) is 12.6. The molecule has 1 N–H and O–H groups in total. The summed E-state index contributed by atoms with van der Waals surface area (Å²) in [6.07, 6.45) is 10.1. The molecule has 0 atom stereocenters. The van der Waals surface area contributed by atoms with Gasteiger partial charge in [-0.25, -0.2) is 27.5 Å². The molecule has 2 fully saturated rings. The van der Waals surface area contributed by atoms with E-state index in [9.17, 15) is 12.8 Å². The van der Waals surface area contributed by atoms with Crippen molar-refractivity contribution in [2.24, 2.45) is 4.99 Å². The van der Waals surface area contributed by atoms with Crippen molar-refractivity contribution in [1.82, 2.24) is 9.71 Å². The van der Waals surface area contributed by atoms with Gasteiger partial charge in [-0.2, -0.15) is 0 Å². The maximum absolute atomic E-state index is 14.7. The minimum absolute atomic E-state index is 0.00884. The Bertz CT molecular complexity index is 1740. The fraction of sp³-hybridized carbons (Fsp3) is 0.389. The van der Waals surface area contributed by atoms with E-state index in [-0.39, 0.29) is 22.8 Å². The van der Waals surface area contributed by atoms with Crippen LogP contribution in [0.3, 0.4) is 0 Å². The van der Waals surface area contributed by atoms with Crippen LogP contribution in [0.4, 0.5) is 10.2 Å². The average molecular weight is 613 g/mol. The summed E-state index contributed by atoms with van der Waals surface area (Å²) < 4.78 is 45.5. The van der Waals surface area contributed by atoms with E-state index in [1.54, 1.807) is 30.3 Å². The van der Waals surface area contributed by atoms with Gasteiger partial charge >= 0.3 is 0 Å². The largest absolute Gasteiger partial charge is 0.293 e. The number of aryl methyl sites for hydroxylation is 2. The zero-order chi connectivity index (χ0) is 30.7. The summed E-state index contributed by atoms with van der Waals surface area (Å²) in [6, 6.07) is 21.7. The molecule has 4 aromatic rings. The predicted octanol–water partition coefficient (Wildman–Crippen LogP) is 8.46. The Morgan fingerprint density at radius 3 is 2.09 bits per heavy atom. The van der Waals surface area contributed by atoms with Gasteiger partial charge in [0.1, 0.15) is 11.6 Å². The van der Waals surface area contributed by atoms with Gasteiger partial charge in [-0.1, -0.05) is 86.1 Å². The summed E-state index contributed by atoms with van der Waals surface area (Å²) in [5.74, 6) is 0.583. The molecule has 3 aromatic carbocycles. The molecule has 6 nitrogen and oxygen atoms in total. The second kappa shape index (κ2) is 13.1. The van der Waals surface area contributed by atoms with Crippen LogP contribution in [0, 0.1) is 19.7 Å². The van der Waals surface area contributed by atoms with Crippen molar-refractivity contribution in [2.45, 2.75) is 95.0 Å². The summed E-state index contributed by atoms with van der Waals surface area (Å²) in [6.45, 7) is 3.97. The highest BCUT2D eigenvalue weighted by Gasteiger charge is 2.32. The molecule has 0 amide bonds. The molecule has 2 saturated carbocycles. The third-order valence-electron chi connectivity index (χ3n) is 8.95. The van der Waals surface area contributed by atoms with Crippen LogP contribution in [0.15, 0.2) is 82.7 Å². The van der Waals surface area contributed by atoms with Crippen molar-refractivity contribution in [2.75, 3.05) is 4.90 Å². The van der Waals surface area contributed by atoms with Gasteiger partial charge in [0.25, 0.3) is 10.0 Å². The van der Waals surface area contributed by atoms with Crippen LogP contribution < -0.4 is 9.62 Å². The van der Waals surface area contributed by atoms with E-state index in [0.29, 0.717) is 22.9 Å². The summed E-state index contributed by atoms with van der Waals surface area (Å²) >= 11 is 0. The minimum atomic E-state index is -3.96. The van der Waals surface area contributed by atoms with Gasteiger partial charge in [0.15, 0.2) is 0 Å². The van der Waals surface area contributed by atoms with Gasteiger partial charge in [0.2, 0.25) is 5.96 Å². The fourth-order valence-corrected chi connectivity index (χ4v) is 7.47. The van der Waals surface area contributed by atoms with Crippen LogP contribution in [-0.4, -0.2) is 31.4 Å². The quantitative estimate of drug-likeness (QED) is 0.175. The van der Waals surface area contributed by atoms with Crippen molar-refractivity contribution in [3.05, 3.63) is 89.7 Å². The zero-order valence-electron chi connectivity index (χ0n) is 25.6. The molecule has 2 aliphatic rings. The number of hydrogen-bond acceptors (Lipinski definition) is 4. The number of pyridine rings is 1. The highest BCUT2D eigenvalue weighted by Crippen LogP contribution is 2.35. The molecule has 0 spiro atoms. The molecule has 0 radical (unpaired) electrons. The van der Waals surface area contributed by atoms with E-state index < -0.39 is 10.0 Å². The zero-order valence-corrected chi connectivity index (χ0v) is 26.4. The van der Waals surface area contributed by atoms with Gasteiger partial charge in [0.05, 0.1) is 16.6 Å². The lowest BCUT2D eigenvalue weighted by atomic mass is 9.93. The molecule has 1 heterocycles. The number of nitrogens with zero attached hydrogens (tertiary/aromatic N) is 3. The SMILES string of the molecule is Cc1ccc(-c2cc3cc(F)ccc3c(N(C(=NC3CCCCC3)NS(=O)(=O)c3ccc(C)cc3)C3CCCCC3)n2)cc1. The first-order valence-electron chi connectivity index (χ1n) is 15.9. The van der Waals surface area contributed by atoms with E-state index in [1.165, 1.54) is 18.6 Å². The van der Waals surface area contributed by atoms with E-state index >= 15 is 0 Å². The maximum atomic E-state index is 14.7. The van der Waals surface area contributed by atoms with E-state index in [1.807, 2.05) is 49.1 Å². The van der Waals surface area contributed by atoms with Crippen molar-refractivity contribution in [3.8, 4) is 11.3 Å². The molecule has 2 aliphatic carbocycles. The Kier molecular flexibility index (Phi) is 8.98. The summed E-state index contributed by atoms with van der Waals surface area (Å²) in [5, 5.41) is 1.48. The Labute approximate surface area is 260 Å². The molecular formula is C36H41FN4O2S. The number of aliphatic imine (C=N–C) groups is 1. The molecule has 0 saturated heterocycles. The second-order valence-corrected chi connectivity index (χ2v) is 14.1. The van der Waals surface area contributed by atoms with Crippen molar-refractivity contribution >= 4 is 32.6 Å². The number of hydrogen-bond donors (Lipinski definition) is 1. The van der Waals surface area contributed by atoms with Gasteiger partial charge < -0.3 is 0 Å². The normalized spacial score (nSPS) is 17.1. The first kappa shape index (κ1) is 30.3. The standard InChI is InChI=1S/C36H41FN4O2S/c1-25-13-17-27(18-14-25)34-24-28-23-29(37)19-22-33(28)35(39-34)41(31-11-7-4-8-12-31)36(38-30-9-5-3-6-10-30)40-44(42,43)32-20-15-26(2)16-21-32/h13-24,30-31H,3-12H2,1-2H3,(H,38,40). The van der Waals surface area contributed by atoms with Crippen LogP contribution in [0.2, 0.25) is 0 Å². The molecular weight excluding hydrogens is 571 g/mol. The van der Waals surface area contributed by atoms with Crippen molar-refractivity contribution in [1.29, 1.82) is 0 Å². The fourth-order valence-electron chi connectivity index (χ4n) is 6.47. The number of benzene rings is 3. The second-order valence-electron chi connectivity index (χ2n) is 12.4. The lowest BCUT2D eigenvalue weighted by molar-refractivity contribution is 0.428. The van der Waals surface area contributed by atoms with Gasteiger partial charge in [-0.3, -0.25) is 4.90 Å².